The standard InChI is InChI=1S/C7H9NO5S/c1-4(9)12-7(13-5(2)10)8-6(11)3-14-7/h3H2,1-2H3,(H,8,11). The fourth-order valence-electron chi connectivity index (χ4n) is 0.913. The van der Waals surface area contributed by atoms with E-state index >= 15 is 0 Å². The van der Waals surface area contributed by atoms with E-state index in [0.29, 0.717) is 0 Å². The minimum atomic E-state index is -1.67. The molecule has 0 aromatic heterocycles. The van der Waals surface area contributed by atoms with Gasteiger partial charge in [-0.25, -0.2) is 0 Å². The quantitative estimate of drug-likeness (QED) is 0.502. The lowest BCUT2D eigenvalue weighted by atomic mass is 10.7. The molecule has 0 unspecified atom stereocenters. The van der Waals surface area contributed by atoms with E-state index in [1.165, 1.54) is 0 Å². The van der Waals surface area contributed by atoms with Gasteiger partial charge in [0.05, 0.1) is 5.75 Å². The second kappa shape index (κ2) is 3.87. The maximum atomic E-state index is 10.9. The van der Waals surface area contributed by atoms with E-state index in [9.17, 15) is 14.4 Å². The predicted octanol–water partition coefficient (Wildman–Crippen LogP) is -0.413. The average molecular weight is 219 g/mol. The molecule has 0 radical (unpaired) electrons. The Morgan fingerprint density at radius 1 is 1.36 bits per heavy atom. The van der Waals surface area contributed by atoms with Gasteiger partial charge in [0.25, 0.3) is 0 Å². The van der Waals surface area contributed by atoms with E-state index in [4.69, 9.17) is 9.47 Å². The summed E-state index contributed by atoms with van der Waals surface area (Å²) in [7, 11) is 0. The van der Waals surface area contributed by atoms with Crippen LogP contribution in [0, 0.1) is 0 Å². The summed E-state index contributed by atoms with van der Waals surface area (Å²) in [5.41, 5.74) is 0. The maximum Gasteiger partial charge on any atom is 0.397 e. The van der Waals surface area contributed by atoms with Crippen molar-refractivity contribution >= 4 is 29.6 Å². The monoisotopic (exact) mass is 219 g/mol. The van der Waals surface area contributed by atoms with Crippen LogP contribution in [0.1, 0.15) is 13.8 Å². The normalized spacial score (nSPS) is 18.6. The van der Waals surface area contributed by atoms with E-state index in [0.717, 1.165) is 25.6 Å². The second-order valence-electron chi connectivity index (χ2n) is 2.58. The lowest BCUT2D eigenvalue weighted by Crippen LogP contribution is -2.46. The van der Waals surface area contributed by atoms with Gasteiger partial charge in [-0.05, 0) is 11.8 Å². The largest absolute Gasteiger partial charge is 0.397 e. The fourth-order valence-corrected chi connectivity index (χ4v) is 1.84. The summed E-state index contributed by atoms with van der Waals surface area (Å²) in [5.74, 6) is -1.54. The predicted molar refractivity (Wildman–Crippen MR) is 46.9 cm³/mol. The molecule has 0 atom stereocenters. The van der Waals surface area contributed by atoms with Crippen LogP contribution in [-0.2, 0) is 23.9 Å². The van der Waals surface area contributed by atoms with E-state index in [1.807, 2.05) is 0 Å². The Kier molecular flexibility index (Phi) is 3.00. The Morgan fingerprint density at radius 2 is 1.86 bits per heavy atom. The number of rotatable bonds is 2. The van der Waals surface area contributed by atoms with Crippen LogP contribution in [0.2, 0.25) is 0 Å². The van der Waals surface area contributed by atoms with Gasteiger partial charge in [0, 0.05) is 13.8 Å². The Hall–Kier alpha value is -1.24. The molecule has 0 aliphatic carbocycles. The van der Waals surface area contributed by atoms with Crippen molar-refractivity contribution in [2.75, 3.05) is 5.75 Å². The number of carbonyl (C=O) groups is 3. The summed E-state index contributed by atoms with van der Waals surface area (Å²) >= 11 is 0.908. The number of carbonyl (C=O) groups excluding carboxylic acids is 3. The van der Waals surface area contributed by atoms with Crippen LogP contribution in [0.4, 0.5) is 0 Å². The highest BCUT2D eigenvalue weighted by atomic mass is 32.2. The zero-order valence-corrected chi connectivity index (χ0v) is 8.47. The molecule has 1 rings (SSSR count). The van der Waals surface area contributed by atoms with Gasteiger partial charge in [-0.3, -0.25) is 19.7 Å². The Bertz CT molecular complexity index is 274. The highest BCUT2D eigenvalue weighted by Gasteiger charge is 2.45. The molecule has 1 N–H and O–H groups in total. The number of esters is 2. The minimum Gasteiger partial charge on any atom is -0.395 e. The van der Waals surface area contributed by atoms with Gasteiger partial charge in [0.15, 0.2) is 0 Å². The smallest absolute Gasteiger partial charge is 0.395 e. The fraction of sp³-hybridized carbons (Fsp3) is 0.571. The maximum absolute atomic E-state index is 10.9. The van der Waals surface area contributed by atoms with Crippen molar-refractivity contribution in [1.29, 1.82) is 0 Å². The van der Waals surface area contributed by atoms with Crippen LogP contribution in [0.3, 0.4) is 0 Å². The summed E-state index contributed by atoms with van der Waals surface area (Å²) in [4.78, 5) is 32.3. The highest BCUT2D eigenvalue weighted by Crippen LogP contribution is 2.30. The molecule has 0 aromatic rings. The summed E-state index contributed by atoms with van der Waals surface area (Å²) < 4.78 is 9.46. The summed E-state index contributed by atoms with van der Waals surface area (Å²) in [6.45, 7) is 2.33. The summed E-state index contributed by atoms with van der Waals surface area (Å²) in [5, 5.41) is 0.596. The number of nitrogens with one attached hydrogen (secondary N) is 1. The van der Waals surface area contributed by atoms with Gasteiger partial charge in [0.2, 0.25) is 5.91 Å². The highest BCUT2D eigenvalue weighted by molar-refractivity contribution is 8.01. The molecule has 1 heterocycles. The van der Waals surface area contributed by atoms with Gasteiger partial charge < -0.3 is 9.47 Å². The van der Waals surface area contributed by atoms with E-state index in [1.54, 1.807) is 0 Å². The zero-order chi connectivity index (χ0) is 10.8. The third-order valence-electron chi connectivity index (χ3n) is 1.24. The van der Waals surface area contributed by atoms with Crippen LogP contribution < -0.4 is 5.32 Å². The summed E-state index contributed by atoms with van der Waals surface area (Å²) in [6, 6.07) is 0. The van der Waals surface area contributed by atoms with Gasteiger partial charge in [0.1, 0.15) is 0 Å². The van der Waals surface area contributed by atoms with Crippen LogP contribution in [0.5, 0.6) is 0 Å². The van der Waals surface area contributed by atoms with Crippen LogP contribution in [-0.4, -0.2) is 28.8 Å². The van der Waals surface area contributed by atoms with Crippen molar-refractivity contribution in [3.63, 3.8) is 0 Å². The van der Waals surface area contributed by atoms with Crippen molar-refractivity contribution in [1.82, 2.24) is 5.32 Å². The first kappa shape index (κ1) is 10.8. The third-order valence-corrected chi connectivity index (χ3v) is 2.30. The van der Waals surface area contributed by atoms with Gasteiger partial charge in [-0.2, -0.15) is 0 Å². The molecule has 0 aromatic carbocycles. The van der Waals surface area contributed by atoms with Crippen molar-refractivity contribution in [2.45, 2.75) is 19.1 Å². The van der Waals surface area contributed by atoms with Crippen molar-refractivity contribution in [3.8, 4) is 0 Å². The Morgan fingerprint density at radius 3 is 2.14 bits per heavy atom. The van der Waals surface area contributed by atoms with Crippen molar-refractivity contribution in [3.05, 3.63) is 0 Å². The molecule has 1 aliphatic rings. The number of hydrogen-bond acceptors (Lipinski definition) is 6. The molecule has 0 saturated carbocycles. The molecule has 1 aliphatic heterocycles. The number of hydrogen-bond donors (Lipinski definition) is 1. The molecule has 1 fully saturated rings. The lowest BCUT2D eigenvalue weighted by molar-refractivity contribution is -0.200. The molecule has 0 bridgehead atoms. The Balaban J connectivity index is 2.74. The van der Waals surface area contributed by atoms with E-state index in [2.05, 4.69) is 5.32 Å². The SMILES string of the molecule is CC(=O)OC1(OC(C)=O)NC(=O)CS1. The van der Waals surface area contributed by atoms with Gasteiger partial charge in [-0.1, -0.05) is 0 Å². The molecular formula is C7H9NO5S. The Labute approximate surface area is 84.3 Å². The molecular weight excluding hydrogens is 210 g/mol. The van der Waals surface area contributed by atoms with Crippen LogP contribution in [0.25, 0.3) is 0 Å². The summed E-state index contributed by atoms with van der Waals surface area (Å²) in [6.07, 6.45) is 0. The minimum absolute atomic E-state index is 0.0839. The molecule has 14 heavy (non-hydrogen) atoms. The topological polar surface area (TPSA) is 81.7 Å². The number of amides is 1. The molecule has 7 heteroatoms. The van der Waals surface area contributed by atoms with Crippen molar-refractivity contribution < 1.29 is 23.9 Å². The first-order valence-corrected chi connectivity index (χ1v) is 4.76. The van der Waals surface area contributed by atoms with E-state index < -0.39 is 17.2 Å². The average Bonchev–Trinajstić information content (AvgIpc) is 2.28. The van der Waals surface area contributed by atoms with Crippen LogP contribution in [0.15, 0.2) is 0 Å². The zero-order valence-electron chi connectivity index (χ0n) is 7.66. The number of ether oxygens (including phenoxy) is 2. The van der Waals surface area contributed by atoms with Gasteiger partial charge >= 0.3 is 17.2 Å². The van der Waals surface area contributed by atoms with Crippen molar-refractivity contribution in [2.24, 2.45) is 0 Å². The molecule has 1 saturated heterocycles. The number of thioether (sulfide) groups is 1. The molecule has 1 amide bonds. The molecule has 78 valence electrons. The second-order valence-corrected chi connectivity index (χ2v) is 3.70. The van der Waals surface area contributed by atoms with Crippen LogP contribution >= 0.6 is 11.8 Å². The third kappa shape index (κ3) is 2.63. The molecule has 6 nitrogen and oxygen atoms in total. The first-order valence-electron chi connectivity index (χ1n) is 3.78. The lowest BCUT2D eigenvalue weighted by Gasteiger charge is -2.25. The first-order chi connectivity index (χ1) is 6.43. The van der Waals surface area contributed by atoms with Gasteiger partial charge in [-0.15, -0.1) is 0 Å². The molecule has 0 spiro atoms. The van der Waals surface area contributed by atoms with E-state index in [-0.39, 0.29) is 11.7 Å².